The maximum Gasteiger partial charge on any atom is 0.258 e. The van der Waals surface area contributed by atoms with E-state index in [0.29, 0.717) is 37.4 Å². The molecule has 0 radical (unpaired) electrons. The van der Waals surface area contributed by atoms with Crippen LogP contribution in [0.2, 0.25) is 0 Å². The SMILES string of the molecule is COc1cnc2ccccc2c1C(=O)N(C)CC1(O)CCOCC1. The molecule has 2 aromatic rings. The van der Waals surface area contributed by atoms with Gasteiger partial charge in [0, 0.05) is 45.0 Å². The Kier molecular flexibility index (Phi) is 4.69. The summed E-state index contributed by atoms with van der Waals surface area (Å²) in [4.78, 5) is 18.9. The molecule has 128 valence electrons. The number of rotatable bonds is 4. The minimum Gasteiger partial charge on any atom is -0.494 e. The quantitative estimate of drug-likeness (QED) is 0.926. The molecule has 1 aliphatic rings. The van der Waals surface area contributed by atoms with Gasteiger partial charge in [-0.2, -0.15) is 0 Å². The maximum atomic E-state index is 13.0. The summed E-state index contributed by atoms with van der Waals surface area (Å²) >= 11 is 0. The number of aromatic nitrogens is 1. The molecular weight excluding hydrogens is 308 g/mol. The zero-order valence-electron chi connectivity index (χ0n) is 14.0. The first-order chi connectivity index (χ1) is 11.5. The Bertz CT molecular complexity index is 741. The van der Waals surface area contributed by atoms with Gasteiger partial charge in [0.25, 0.3) is 5.91 Å². The largest absolute Gasteiger partial charge is 0.494 e. The number of fused-ring (bicyclic) bond motifs is 1. The second-order valence-corrected chi connectivity index (χ2v) is 6.22. The van der Waals surface area contributed by atoms with E-state index in [4.69, 9.17) is 9.47 Å². The Hall–Kier alpha value is -2.18. The molecule has 1 aromatic heterocycles. The van der Waals surface area contributed by atoms with Crippen LogP contribution in [0.4, 0.5) is 0 Å². The lowest BCUT2D eigenvalue weighted by Gasteiger charge is -2.35. The van der Waals surface area contributed by atoms with Crippen molar-refractivity contribution in [1.82, 2.24) is 9.88 Å². The predicted octanol–water partition coefficient (Wildman–Crippen LogP) is 1.86. The Balaban J connectivity index is 1.92. The molecule has 2 heterocycles. The average Bonchev–Trinajstić information content (AvgIpc) is 2.60. The van der Waals surface area contributed by atoms with Crippen LogP contribution in [0.1, 0.15) is 23.2 Å². The minimum atomic E-state index is -0.904. The first-order valence-electron chi connectivity index (χ1n) is 8.01. The Labute approximate surface area is 141 Å². The van der Waals surface area contributed by atoms with Gasteiger partial charge in [-0.25, -0.2) is 0 Å². The molecule has 0 bridgehead atoms. The third kappa shape index (κ3) is 3.20. The highest BCUT2D eigenvalue weighted by Crippen LogP contribution is 2.28. The summed E-state index contributed by atoms with van der Waals surface area (Å²) in [6.07, 6.45) is 2.62. The van der Waals surface area contributed by atoms with Crippen LogP contribution in [-0.4, -0.2) is 60.4 Å². The fourth-order valence-electron chi connectivity index (χ4n) is 3.11. The number of hydrogen-bond donors (Lipinski definition) is 1. The topological polar surface area (TPSA) is 71.9 Å². The smallest absolute Gasteiger partial charge is 0.258 e. The molecule has 1 N–H and O–H groups in total. The van der Waals surface area contributed by atoms with Crippen LogP contribution in [0, 0.1) is 0 Å². The highest BCUT2D eigenvalue weighted by atomic mass is 16.5. The van der Waals surface area contributed by atoms with E-state index in [-0.39, 0.29) is 12.5 Å². The highest BCUT2D eigenvalue weighted by Gasteiger charge is 2.33. The van der Waals surface area contributed by atoms with Crippen molar-refractivity contribution in [3.05, 3.63) is 36.0 Å². The van der Waals surface area contributed by atoms with Crippen LogP contribution in [0.5, 0.6) is 5.75 Å². The summed E-state index contributed by atoms with van der Waals surface area (Å²) in [5.41, 5.74) is 0.305. The van der Waals surface area contributed by atoms with E-state index >= 15 is 0 Å². The number of amides is 1. The van der Waals surface area contributed by atoms with Crippen molar-refractivity contribution in [2.24, 2.45) is 0 Å². The third-order valence-corrected chi connectivity index (χ3v) is 4.48. The molecule has 0 spiro atoms. The number of carbonyl (C=O) groups excluding carboxylic acids is 1. The molecule has 1 fully saturated rings. The zero-order valence-corrected chi connectivity index (χ0v) is 14.0. The predicted molar refractivity (Wildman–Crippen MR) is 90.3 cm³/mol. The normalized spacial score (nSPS) is 16.8. The van der Waals surface area contributed by atoms with Gasteiger partial charge in [0.05, 0.1) is 30.0 Å². The molecule has 0 unspecified atom stereocenters. The van der Waals surface area contributed by atoms with Crippen molar-refractivity contribution in [2.75, 3.05) is 33.9 Å². The summed E-state index contributed by atoms with van der Waals surface area (Å²) in [5.74, 6) is 0.245. The lowest BCUT2D eigenvalue weighted by Crippen LogP contribution is -2.47. The van der Waals surface area contributed by atoms with E-state index < -0.39 is 5.60 Å². The van der Waals surface area contributed by atoms with Gasteiger partial charge >= 0.3 is 0 Å². The number of methoxy groups -OCH3 is 1. The van der Waals surface area contributed by atoms with E-state index in [1.165, 1.54) is 7.11 Å². The first kappa shape index (κ1) is 16.7. The molecule has 0 atom stereocenters. The van der Waals surface area contributed by atoms with Gasteiger partial charge in [-0.3, -0.25) is 9.78 Å². The second kappa shape index (κ2) is 6.75. The van der Waals surface area contributed by atoms with E-state index in [9.17, 15) is 9.90 Å². The summed E-state index contributed by atoms with van der Waals surface area (Å²) in [7, 11) is 3.22. The van der Waals surface area contributed by atoms with E-state index in [1.807, 2.05) is 24.3 Å². The summed E-state index contributed by atoms with van der Waals surface area (Å²) in [5, 5.41) is 11.4. The number of para-hydroxylation sites is 1. The van der Waals surface area contributed by atoms with Gasteiger partial charge in [0.15, 0.2) is 5.75 Å². The van der Waals surface area contributed by atoms with E-state index in [2.05, 4.69) is 4.98 Å². The number of benzene rings is 1. The Morgan fingerprint density at radius 1 is 1.38 bits per heavy atom. The van der Waals surface area contributed by atoms with Crippen LogP contribution >= 0.6 is 0 Å². The van der Waals surface area contributed by atoms with Crippen molar-refractivity contribution < 1.29 is 19.4 Å². The number of nitrogens with zero attached hydrogens (tertiary/aromatic N) is 2. The molecule has 6 nitrogen and oxygen atoms in total. The molecule has 1 aromatic carbocycles. The van der Waals surface area contributed by atoms with Crippen molar-refractivity contribution in [3.63, 3.8) is 0 Å². The highest BCUT2D eigenvalue weighted by molar-refractivity contribution is 6.08. The standard InChI is InChI=1S/C18H22N2O4/c1-20(12-18(22)7-9-24-10-8-18)17(21)16-13-5-3-4-6-14(13)19-11-15(16)23-2/h3-6,11,22H,7-10,12H2,1-2H3. The fourth-order valence-corrected chi connectivity index (χ4v) is 3.11. The number of pyridine rings is 1. The summed E-state index contributed by atoms with van der Waals surface area (Å²) in [6, 6.07) is 7.46. The Morgan fingerprint density at radius 2 is 2.08 bits per heavy atom. The van der Waals surface area contributed by atoms with Gasteiger partial charge in [-0.05, 0) is 6.07 Å². The average molecular weight is 330 g/mol. The molecule has 0 aliphatic carbocycles. The van der Waals surface area contributed by atoms with Crippen LogP contribution in [-0.2, 0) is 4.74 Å². The molecule has 3 rings (SSSR count). The van der Waals surface area contributed by atoms with Crippen LogP contribution < -0.4 is 4.74 Å². The first-order valence-corrected chi connectivity index (χ1v) is 8.01. The van der Waals surface area contributed by atoms with Crippen molar-refractivity contribution in [1.29, 1.82) is 0 Å². The number of aliphatic hydroxyl groups is 1. The molecule has 1 aliphatic heterocycles. The molecule has 24 heavy (non-hydrogen) atoms. The number of likely N-dealkylation sites (N-methyl/N-ethyl adjacent to an activating group) is 1. The van der Waals surface area contributed by atoms with Gasteiger partial charge in [-0.1, -0.05) is 18.2 Å². The van der Waals surface area contributed by atoms with Gasteiger partial charge < -0.3 is 19.5 Å². The number of carbonyl (C=O) groups is 1. The zero-order chi connectivity index (χ0) is 17.2. The van der Waals surface area contributed by atoms with Crippen molar-refractivity contribution in [2.45, 2.75) is 18.4 Å². The van der Waals surface area contributed by atoms with E-state index in [0.717, 1.165) is 10.9 Å². The summed E-state index contributed by atoms with van der Waals surface area (Å²) < 4.78 is 10.6. The fraction of sp³-hybridized carbons (Fsp3) is 0.444. The van der Waals surface area contributed by atoms with E-state index in [1.54, 1.807) is 18.1 Å². The van der Waals surface area contributed by atoms with Crippen molar-refractivity contribution in [3.8, 4) is 5.75 Å². The van der Waals surface area contributed by atoms with Crippen LogP contribution in [0.25, 0.3) is 10.9 Å². The van der Waals surface area contributed by atoms with Gasteiger partial charge in [-0.15, -0.1) is 0 Å². The molecular formula is C18H22N2O4. The molecule has 0 saturated carbocycles. The van der Waals surface area contributed by atoms with Crippen LogP contribution in [0.15, 0.2) is 30.5 Å². The molecule has 6 heteroatoms. The van der Waals surface area contributed by atoms with Gasteiger partial charge in [0.1, 0.15) is 0 Å². The summed E-state index contributed by atoms with van der Waals surface area (Å²) in [6.45, 7) is 1.29. The maximum absolute atomic E-state index is 13.0. The third-order valence-electron chi connectivity index (χ3n) is 4.48. The van der Waals surface area contributed by atoms with Crippen LogP contribution in [0.3, 0.4) is 0 Å². The number of hydrogen-bond acceptors (Lipinski definition) is 5. The lowest BCUT2D eigenvalue weighted by molar-refractivity contribution is -0.0734. The second-order valence-electron chi connectivity index (χ2n) is 6.22. The minimum absolute atomic E-state index is 0.189. The lowest BCUT2D eigenvalue weighted by atomic mass is 9.93. The van der Waals surface area contributed by atoms with Crippen molar-refractivity contribution >= 4 is 16.8 Å². The number of ether oxygens (including phenoxy) is 2. The molecule has 1 saturated heterocycles. The Morgan fingerprint density at radius 3 is 2.79 bits per heavy atom. The monoisotopic (exact) mass is 330 g/mol. The molecule has 1 amide bonds. The van der Waals surface area contributed by atoms with Gasteiger partial charge in [0.2, 0.25) is 0 Å².